The maximum absolute atomic E-state index is 12.9. The summed E-state index contributed by atoms with van der Waals surface area (Å²) in [7, 11) is 0. The number of rotatable bonds is 8. The van der Waals surface area contributed by atoms with E-state index in [-0.39, 0.29) is 18.3 Å². The standard InChI is InChI=1S/C21H22FN3O2S2/c1-13(2)17-9-4-14(3)10-18(17)27-11-19(26)23-20-24-25-21(29-20)28-12-15-5-7-16(22)8-6-15/h4-10,13H,11-12H2,1-3H3,(H,23,24,26). The third-order valence-corrected chi connectivity index (χ3v) is 6.12. The monoisotopic (exact) mass is 431 g/mol. The molecule has 0 fully saturated rings. The smallest absolute Gasteiger partial charge is 0.264 e. The van der Waals surface area contributed by atoms with E-state index in [9.17, 15) is 9.18 Å². The molecule has 0 saturated heterocycles. The number of nitrogens with zero attached hydrogens (tertiary/aromatic N) is 2. The minimum atomic E-state index is -0.285. The highest BCUT2D eigenvalue weighted by Crippen LogP contribution is 2.29. The molecule has 0 aliphatic carbocycles. The fourth-order valence-electron chi connectivity index (χ4n) is 2.59. The van der Waals surface area contributed by atoms with Crippen molar-refractivity contribution in [2.24, 2.45) is 0 Å². The van der Waals surface area contributed by atoms with E-state index in [1.165, 1.54) is 35.2 Å². The van der Waals surface area contributed by atoms with Gasteiger partial charge >= 0.3 is 0 Å². The molecular weight excluding hydrogens is 409 g/mol. The lowest BCUT2D eigenvalue weighted by atomic mass is 10.0. The van der Waals surface area contributed by atoms with Crippen molar-refractivity contribution >= 4 is 34.1 Å². The molecule has 3 rings (SSSR count). The molecular formula is C21H22FN3O2S2. The fourth-order valence-corrected chi connectivity index (χ4v) is 4.31. The number of halogens is 1. The molecule has 29 heavy (non-hydrogen) atoms. The summed E-state index contributed by atoms with van der Waals surface area (Å²) in [5, 5.41) is 11.2. The Bertz CT molecular complexity index is 974. The number of carbonyl (C=O) groups excluding carboxylic acids is 1. The van der Waals surface area contributed by atoms with Crippen LogP contribution in [0.3, 0.4) is 0 Å². The minimum absolute atomic E-state index is 0.0964. The molecule has 0 aliphatic heterocycles. The molecule has 152 valence electrons. The molecule has 0 radical (unpaired) electrons. The summed E-state index contributed by atoms with van der Waals surface area (Å²) in [6.45, 7) is 6.07. The Labute approximate surface area is 177 Å². The Morgan fingerprint density at radius 2 is 1.97 bits per heavy atom. The van der Waals surface area contributed by atoms with Gasteiger partial charge in [0, 0.05) is 5.75 Å². The van der Waals surface area contributed by atoms with Crippen LogP contribution in [0, 0.1) is 12.7 Å². The summed E-state index contributed by atoms with van der Waals surface area (Å²) in [6, 6.07) is 12.3. The second-order valence-corrected chi connectivity index (χ2v) is 9.02. The lowest BCUT2D eigenvalue weighted by Crippen LogP contribution is -2.20. The Kier molecular flexibility index (Phi) is 7.22. The van der Waals surface area contributed by atoms with E-state index in [2.05, 4.69) is 29.4 Å². The summed E-state index contributed by atoms with van der Waals surface area (Å²) in [4.78, 5) is 12.2. The zero-order chi connectivity index (χ0) is 20.8. The first-order valence-electron chi connectivity index (χ1n) is 9.14. The Hall–Kier alpha value is -2.45. The number of aryl methyl sites for hydroxylation is 1. The molecule has 0 bridgehead atoms. The molecule has 0 aliphatic rings. The zero-order valence-electron chi connectivity index (χ0n) is 16.4. The lowest BCUT2D eigenvalue weighted by Gasteiger charge is -2.14. The van der Waals surface area contributed by atoms with Gasteiger partial charge in [0.1, 0.15) is 11.6 Å². The summed E-state index contributed by atoms with van der Waals surface area (Å²) >= 11 is 2.78. The highest BCUT2D eigenvalue weighted by atomic mass is 32.2. The van der Waals surface area contributed by atoms with Crippen LogP contribution in [0.25, 0.3) is 0 Å². The van der Waals surface area contributed by atoms with Gasteiger partial charge in [0.25, 0.3) is 5.91 Å². The Morgan fingerprint density at radius 1 is 1.21 bits per heavy atom. The Balaban J connectivity index is 1.51. The van der Waals surface area contributed by atoms with Crippen LogP contribution in [0.4, 0.5) is 9.52 Å². The quantitative estimate of drug-likeness (QED) is 0.381. The van der Waals surface area contributed by atoms with Crippen LogP contribution in [0.5, 0.6) is 5.75 Å². The molecule has 0 atom stereocenters. The van der Waals surface area contributed by atoms with Gasteiger partial charge in [0.15, 0.2) is 10.9 Å². The van der Waals surface area contributed by atoms with Gasteiger partial charge in [-0.15, -0.1) is 10.2 Å². The van der Waals surface area contributed by atoms with E-state index in [4.69, 9.17) is 4.74 Å². The normalized spacial score (nSPS) is 10.9. The highest BCUT2D eigenvalue weighted by molar-refractivity contribution is 8.00. The molecule has 1 heterocycles. The summed E-state index contributed by atoms with van der Waals surface area (Å²) in [5.74, 6) is 1.14. The number of thioether (sulfide) groups is 1. The van der Waals surface area contributed by atoms with Crippen LogP contribution >= 0.6 is 23.1 Å². The van der Waals surface area contributed by atoms with Crippen LogP contribution in [0.2, 0.25) is 0 Å². The molecule has 5 nitrogen and oxygen atoms in total. The van der Waals surface area contributed by atoms with Crippen LogP contribution < -0.4 is 10.1 Å². The molecule has 8 heteroatoms. The molecule has 1 N–H and O–H groups in total. The van der Waals surface area contributed by atoms with Gasteiger partial charge < -0.3 is 4.74 Å². The second kappa shape index (κ2) is 9.84. The zero-order valence-corrected chi connectivity index (χ0v) is 18.1. The minimum Gasteiger partial charge on any atom is -0.483 e. The molecule has 0 spiro atoms. The number of hydrogen-bond donors (Lipinski definition) is 1. The van der Waals surface area contributed by atoms with E-state index in [0.717, 1.165) is 26.8 Å². The Morgan fingerprint density at radius 3 is 2.69 bits per heavy atom. The number of nitrogens with one attached hydrogen (secondary N) is 1. The summed E-state index contributed by atoms with van der Waals surface area (Å²) in [6.07, 6.45) is 0. The van der Waals surface area contributed by atoms with Gasteiger partial charge in [-0.2, -0.15) is 0 Å². The fraction of sp³-hybridized carbons (Fsp3) is 0.286. The van der Waals surface area contributed by atoms with E-state index in [1.807, 2.05) is 25.1 Å². The predicted molar refractivity (Wildman–Crippen MR) is 115 cm³/mol. The van der Waals surface area contributed by atoms with Gasteiger partial charge in [-0.25, -0.2) is 4.39 Å². The average molecular weight is 432 g/mol. The van der Waals surface area contributed by atoms with Crippen LogP contribution in [-0.2, 0) is 10.5 Å². The summed E-state index contributed by atoms with van der Waals surface area (Å²) in [5.41, 5.74) is 3.14. The summed E-state index contributed by atoms with van der Waals surface area (Å²) < 4.78 is 19.4. The second-order valence-electron chi connectivity index (χ2n) is 6.82. The van der Waals surface area contributed by atoms with E-state index < -0.39 is 0 Å². The molecule has 0 saturated carbocycles. The van der Waals surface area contributed by atoms with Crippen LogP contribution in [0.1, 0.15) is 36.5 Å². The van der Waals surface area contributed by atoms with E-state index in [0.29, 0.717) is 16.8 Å². The van der Waals surface area contributed by atoms with Crippen molar-refractivity contribution in [1.82, 2.24) is 10.2 Å². The van der Waals surface area contributed by atoms with Crippen molar-refractivity contribution in [2.45, 2.75) is 36.8 Å². The maximum Gasteiger partial charge on any atom is 0.264 e. The van der Waals surface area contributed by atoms with Gasteiger partial charge in [-0.05, 0) is 47.7 Å². The first-order chi connectivity index (χ1) is 13.9. The van der Waals surface area contributed by atoms with E-state index >= 15 is 0 Å². The number of benzene rings is 2. The molecule has 1 amide bonds. The topological polar surface area (TPSA) is 64.1 Å². The lowest BCUT2D eigenvalue weighted by molar-refractivity contribution is -0.118. The molecule has 1 aromatic heterocycles. The van der Waals surface area contributed by atoms with E-state index in [1.54, 1.807) is 12.1 Å². The van der Waals surface area contributed by atoms with Crippen molar-refractivity contribution in [3.8, 4) is 5.75 Å². The maximum atomic E-state index is 12.9. The average Bonchev–Trinajstić information content (AvgIpc) is 3.13. The molecule has 2 aromatic carbocycles. The number of carbonyl (C=O) groups is 1. The van der Waals surface area contributed by atoms with Crippen LogP contribution in [-0.4, -0.2) is 22.7 Å². The first kappa shape index (κ1) is 21.3. The number of hydrogen-bond acceptors (Lipinski definition) is 6. The number of aromatic nitrogens is 2. The van der Waals surface area contributed by atoms with Crippen molar-refractivity contribution in [2.75, 3.05) is 11.9 Å². The van der Waals surface area contributed by atoms with Crippen molar-refractivity contribution < 1.29 is 13.9 Å². The number of amides is 1. The number of anilines is 1. The van der Waals surface area contributed by atoms with Crippen molar-refractivity contribution in [3.05, 3.63) is 65.0 Å². The third-order valence-electron chi connectivity index (χ3n) is 4.08. The predicted octanol–water partition coefficient (Wildman–Crippen LogP) is 5.42. The van der Waals surface area contributed by atoms with Gasteiger partial charge in [0.05, 0.1) is 0 Å². The third kappa shape index (κ3) is 6.27. The highest BCUT2D eigenvalue weighted by Gasteiger charge is 2.12. The SMILES string of the molecule is Cc1ccc(C(C)C)c(OCC(=O)Nc2nnc(SCc3ccc(F)cc3)s2)c1. The van der Waals surface area contributed by atoms with Gasteiger partial charge in [-0.3, -0.25) is 10.1 Å². The largest absolute Gasteiger partial charge is 0.483 e. The van der Waals surface area contributed by atoms with Gasteiger partial charge in [-0.1, -0.05) is 61.2 Å². The number of ether oxygens (including phenoxy) is 1. The first-order valence-corrected chi connectivity index (χ1v) is 10.9. The van der Waals surface area contributed by atoms with Crippen molar-refractivity contribution in [3.63, 3.8) is 0 Å². The molecule has 0 unspecified atom stereocenters. The van der Waals surface area contributed by atoms with Crippen molar-refractivity contribution in [1.29, 1.82) is 0 Å². The molecule has 3 aromatic rings. The van der Waals surface area contributed by atoms with Gasteiger partial charge in [0.2, 0.25) is 5.13 Å². The van der Waals surface area contributed by atoms with Crippen LogP contribution in [0.15, 0.2) is 46.8 Å².